The highest BCUT2D eigenvalue weighted by atomic mass is 16.2. The van der Waals surface area contributed by atoms with E-state index in [4.69, 9.17) is 0 Å². The lowest BCUT2D eigenvalue weighted by atomic mass is 9.89. The molecular formula is C19H23N5O. The monoisotopic (exact) mass is 337 g/mol. The molecule has 1 aliphatic carbocycles. The Hall–Kier alpha value is -2.21. The molecule has 1 aromatic heterocycles. The zero-order chi connectivity index (χ0) is 16.8. The fourth-order valence-corrected chi connectivity index (χ4v) is 4.49. The number of likely N-dealkylation sites (tertiary alicyclic amines) is 1. The Kier molecular flexibility index (Phi) is 3.59. The lowest BCUT2D eigenvalue weighted by Gasteiger charge is -2.34. The van der Waals surface area contributed by atoms with Crippen molar-refractivity contribution in [2.24, 2.45) is 11.8 Å². The van der Waals surface area contributed by atoms with Crippen LogP contribution in [0.3, 0.4) is 0 Å². The van der Waals surface area contributed by atoms with E-state index in [1.165, 1.54) is 25.8 Å². The summed E-state index contributed by atoms with van der Waals surface area (Å²) in [7, 11) is 0. The van der Waals surface area contributed by atoms with E-state index in [0.717, 1.165) is 37.1 Å². The van der Waals surface area contributed by atoms with Crippen molar-refractivity contribution in [2.75, 3.05) is 18.4 Å². The molecule has 1 N–H and O–H groups in total. The SMILES string of the molecule is O=C(Nc1ccccc1)c1nnc2n1C[C@H]1CN(C3CCC3)C[C@H]1C2. The van der Waals surface area contributed by atoms with E-state index < -0.39 is 0 Å². The molecule has 0 radical (unpaired) electrons. The number of nitrogens with zero attached hydrogens (tertiary/aromatic N) is 4. The summed E-state index contributed by atoms with van der Waals surface area (Å²) in [5, 5.41) is 11.4. The van der Waals surface area contributed by atoms with Crippen LogP contribution in [0.4, 0.5) is 5.69 Å². The van der Waals surface area contributed by atoms with Crippen LogP contribution in [0.2, 0.25) is 0 Å². The van der Waals surface area contributed by atoms with Gasteiger partial charge in [0, 0.05) is 37.8 Å². The molecule has 3 heterocycles. The molecule has 3 aliphatic rings. The number of anilines is 1. The number of hydrogen-bond donors (Lipinski definition) is 1. The maximum absolute atomic E-state index is 12.6. The Morgan fingerprint density at radius 1 is 1.04 bits per heavy atom. The summed E-state index contributed by atoms with van der Waals surface area (Å²) < 4.78 is 2.05. The van der Waals surface area contributed by atoms with Crippen molar-refractivity contribution in [3.05, 3.63) is 42.0 Å². The van der Waals surface area contributed by atoms with E-state index in [1.807, 2.05) is 34.9 Å². The Balaban J connectivity index is 1.33. The highest BCUT2D eigenvalue weighted by Gasteiger charge is 2.42. The number of carbonyl (C=O) groups is 1. The number of hydrogen-bond acceptors (Lipinski definition) is 4. The van der Waals surface area contributed by atoms with Gasteiger partial charge in [-0.15, -0.1) is 10.2 Å². The molecule has 2 atom stereocenters. The summed E-state index contributed by atoms with van der Waals surface area (Å²) in [4.78, 5) is 15.3. The van der Waals surface area contributed by atoms with Gasteiger partial charge in [0.1, 0.15) is 5.82 Å². The van der Waals surface area contributed by atoms with E-state index in [-0.39, 0.29) is 5.91 Å². The molecule has 25 heavy (non-hydrogen) atoms. The molecule has 0 unspecified atom stereocenters. The standard InChI is InChI=1S/C19H23N5O/c25-19(20-15-5-2-1-3-6-15)18-22-21-17-9-13-10-23(16-7-4-8-16)11-14(13)12-24(17)18/h1-3,5-6,13-14,16H,4,7-12H2,(H,20,25)/t13-,14-/m1/s1. The van der Waals surface area contributed by atoms with Crippen molar-refractivity contribution < 1.29 is 4.79 Å². The largest absolute Gasteiger partial charge is 0.319 e. The summed E-state index contributed by atoms with van der Waals surface area (Å²) in [5.74, 6) is 2.53. The highest BCUT2D eigenvalue weighted by Crippen LogP contribution is 2.37. The third kappa shape index (κ3) is 2.65. The van der Waals surface area contributed by atoms with Gasteiger partial charge in [0.25, 0.3) is 5.91 Å². The first-order valence-corrected chi connectivity index (χ1v) is 9.30. The molecule has 2 fully saturated rings. The van der Waals surface area contributed by atoms with Crippen LogP contribution >= 0.6 is 0 Å². The first-order chi connectivity index (χ1) is 12.3. The molecule has 5 rings (SSSR count). The summed E-state index contributed by atoms with van der Waals surface area (Å²) in [6.07, 6.45) is 5.04. The van der Waals surface area contributed by atoms with Gasteiger partial charge in [0.05, 0.1) is 0 Å². The van der Waals surface area contributed by atoms with Gasteiger partial charge in [0.2, 0.25) is 5.82 Å². The third-order valence-electron chi connectivity index (χ3n) is 6.12. The van der Waals surface area contributed by atoms with Crippen LogP contribution in [0.15, 0.2) is 30.3 Å². The Morgan fingerprint density at radius 3 is 2.60 bits per heavy atom. The second kappa shape index (κ2) is 5.95. The fraction of sp³-hybridized carbons (Fsp3) is 0.526. The minimum absolute atomic E-state index is 0.169. The molecule has 2 aliphatic heterocycles. The number of benzene rings is 1. The summed E-state index contributed by atoms with van der Waals surface area (Å²) >= 11 is 0. The number of fused-ring (bicyclic) bond motifs is 2. The number of amides is 1. The molecule has 1 saturated heterocycles. The van der Waals surface area contributed by atoms with Crippen molar-refractivity contribution in [1.29, 1.82) is 0 Å². The Labute approximate surface area is 147 Å². The molecule has 0 bridgehead atoms. The van der Waals surface area contributed by atoms with Crippen LogP contribution in [-0.2, 0) is 13.0 Å². The van der Waals surface area contributed by atoms with E-state index in [2.05, 4.69) is 20.4 Å². The van der Waals surface area contributed by atoms with Crippen molar-refractivity contribution in [2.45, 2.75) is 38.3 Å². The first-order valence-electron chi connectivity index (χ1n) is 9.30. The lowest BCUT2D eigenvalue weighted by molar-refractivity contribution is 0.100. The molecule has 6 nitrogen and oxygen atoms in total. The van der Waals surface area contributed by atoms with Gasteiger partial charge in [-0.05, 0) is 36.8 Å². The average Bonchev–Trinajstić information content (AvgIpc) is 3.14. The minimum atomic E-state index is -0.169. The molecule has 1 amide bonds. The van der Waals surface area contributed by atoms with Crippen molar-refractivity contribution in [3.8, 4) is 0 Å². The molecule has 0 spiro atoms. The van der Waals surface area contributed by atoms with Crippen molar-refractivity contribution in [3.63, 3.8) is 0 Å². The van der Waals surface area contributed by atoms with E-state index >= 15 is 0 Å². The molecule has 130 valence electrons. The molecular weight excluding hydrogens is 314 g/mol. The predicted molar refractivity (Wildman–Crippen MR) is 94.3 cm³/mol. The van der Waals surface area contributed by atoms with Crippen molar-refractivity contribution >= 4 is 11.6 Å². The molecule has 1 saturated carbocycles. The zero-order valence-corrected chi connectivity index (χ0v) is 14.3. The van der Waals surface area contributed by atoms with Gasteiger partial charge >= 0.3 is 0 Å². The highest BCUT2D eigenvalue weighted by molar-refractivity contribution is 6.01. The van der Waals surface area contributed by atoms with E-state index in [1.54, 1.807) is 0 Å². The van der Waals surface area contributed by atoms with E-state index in [9.17, 15) is 4.79 Å². The molecule has 6 heteroatoms. The van der Waals surface area contributed by atoms with Gasteiger partial charge < -0.3 is 9.88 Å². The normalized spacial score (nSPS) is 25.9. The van der Waals surface area contributed by atoms with Crippen LogP contribution in [0, 0.1) is 11.8 Å². The van der Waals surface area contributed by atoms with Crippen LogP contribution in [0.1, 0.15) is 35.7 Å². The predicted octanol–water partition coefficient (Wildman–Crippen LogP) is 2.19. The van der Waals surface area contributed by atoms with Gasteiger partial charge in [-0.1, -0.05) is 24.6 Å². The third-order valence-corrected chi connectivity index (χ3v) is 6.12. The van der Waals surface area contributed by atoms with Gasteiger partial charge in [-0.2, -0.15) is 0 Å². The second-order valence-corrected chi connectivity index (χ2v) is 7.63. The van der Waals surface area contributed by atoms with Gasteiger partial charge in [0.15, 0.2) is 0 Å². The minimum Gasteiger partial charge on any atom is -0.319 e. The lowest BCUT2D eigenvalue weighted by Crippen LogP contribution is -2.38. The quantitative estimate of drug-likeness (QED) is 0.932. The number of carbonyl (C=O) groups excluding carboxylic acids is 1. The Bertz CT molecular complexity index is 782. The average molecular weight is 337 g/mol. The maximum atomic E-state index is 12.6. The number of aromatic nitrogens is 3. The summed E-state index contributed by atoms with van der Waals surface area (Å²) in [6.45, 7) is 3.22. The number of nitrogens with one attached hydrogen (secondary N) is 1. The number of para-hydroxylation sites is 1. The van der Waals surface area contributed by atoms with E-state index in [0.29, 0.717) is 17.7 Å². The second-order valence-electron chi connectivity index (χ2n) is 7.63. The zero-order valence-electron chi connectivity index (χ0n) is 14.3. The first kappa shape index (κ1) is 15.1. The van der Waals surface area contributed by atoms with Crippen LogP contribution in [-0.4, -0.2) is 44.7 Å². The number of rotatable bonds is 3. The van der Waals surface area contributed by atoms with Gasteiger partial charge in [-0.25, -0.2) is 0 Å². The topological polar surface area (TPSA) is 63.1 Å². The van der Waals surface area contributed by atoms with Gasteiger partial charge in [-0.3, -0.25) is 9.69 Å². The molecule has 1 aromatic carbocycles. The van der Waals surface area contributed by atoms with Crippen LogP contribution < -0.4 is 5.32 Å². The summed E-state index contributed by atoms with van der Waals surface area (Å²) in [5.41, 5.74) is 0.788. The van der Waals surface area contributed by atoms with Crippen molar-refractivity contribution in [1.82, 2.24) is 19.7 Å². The fourth-order valence-electron chi connectivity index (χ4n) is 4.49. The maximum Gasteiger partial charge on any atom is 0.293 e. The van der Waals surface area contributed by atoms with Crippen LogP contribution in [0.5, 0.6) is 0 Å². The smallest absolute Gasteiger partial charge is 0.293 e. The van der Waals surface area contributed by atoms with Crippen LogP contribution in [0.25, 0.3) is 0 Å². The summed E-state index contributed by atoms with van der Waals surface area (Å²) in [6, 6.07) is 10.3. The Morgan fingerprint density at radius 2 is 1.84 bits per heavy atom. The molecule has 2 aromatic rings.